The number of pyridine rings is 1. The number of amides is 1. The van der Waals surface area contributed by atoms with Crippen LogP contribution in [-0.2, 0) is 13.0 Å². The second-order valence-corrected chi connectivity index (χ2v) is 6.57. The standard InChI is InChI=1S/C22H21N3O/c1-24(20-9-3-2-4-10-20)21-13-19(14-23-15-21)22(26)25-12-11-17-7-5-6-8-18(17)16-25/h2-10,13-15H,11-12,16H2,1H3. The molecule has 0 aliphatic carbocycles. The highest BCUT2D eigenvalue weighted by atomic mass is 16.2. The van der Waals surface area contributed by atoms with E-state index in [0.717, 1.165) is 24.3 Å². The first-order chi connectivity index (χ1) is 12.7. The summed E-state index contributed by atoms with van der Waals surface area (Å²) in [6, 6.07) is 20.3. The van der Waals surface area contributed by atoms with Gasteiger partial charge in [-0.2, -0.15) is 0 Å². The number of hydrogen-bond donors (Lipinski definition) is 0. The molecule has 0 fully saturated rings. The summed E-state index contributed by atoms with van der Waals surface area (Å²) in [6.45, 7) is 1.41. The minimum absolute atomic E-state index is 0.0373. The van der Waals surface area contributed by atoms with Gasteiger partial charge in [0.15, 0.2) is 0 Å². The number of carbonyl (C=O) groups excluding carboxylic acids is 1. The van der Waals surface area contributed by atoms with Crippen LogP contribution in [0.2, 0.25) is 0 Å². The third-order valence-electron chi connectivity index (χ3n) is 4.92. The lowest BCUT2D eigenvalue weighted by molar-refractivity contribution is 0.0734. The van der Waals surface area contributed by atoms with E-state index in [-0.39, 0.29) is 5.91 Å². The molecule has 130 valence electrons. The first kappa shape index (κ1) is 16.3. The summed E-state index contributed by atoms with van der Waals surface area (Å²) >= 11 is 0. The first-order valence-electron chi connectivity index (χ1n) is 8.82. The van der Waals surface area contributed by atoms with Crippen molar-refractivity contribution in [3.05, 3.63) is 89.7 Å². The maximum Gasteiger partial charge on any atom is 0.255 e. The van der Waals surface area contributed by atoms with Gasteiger partial charge in [0.05, 0.1) is 17.4 Å². The van der Waals surface area contributed by atoms with Gasteiger partial charge in [0.25, 0.3) is 5.91 Å². The zero-order chi connectivity index (χ0) is 17.9. The molecule has 2 aromatic carbocycles. The lowest BCUT2D eigenvalue weighted by atomic mass is 9.99. The fourth-order valence-corrected chi connectivity index (χ4v) is 3.38. The second kappa shape index (κ2) is 7.00. The van der Waals surface area contributed by atoms with Crippen LogP contribution in [0.25, 0.3) is 0 Å². The summed E-state index contributed by atoms with van der Waals surface area (Å²) in [7, 11) is 1.98. The van der Waals surface area contributed by atoms with Crippen LogP contribution >= 0.6 is 0 Å². The third-order valence-corrected chi connectivity index (χ3v) is 4.92. The van der Waals surface area contributed by atoms with E-state index in [1.807, 2.05) is 59.3 Å². The Labute approximate surface area is 153 Å². The Bertz CT molecular complexity index is 923. The number of carbonyl (C=O) groups is 1. The number of para-hydroxylation sites is 1. The van der Waals surface area contributed by atoms with Gasteiger partial charge in [-0.3, -0.25) is 9.78 Å². The molecular weight excluding hydrogens is 322 g/mol. The van der Waals surface area contributed by atoms with E-state index in [2.05, 4.69) is 23.2 Å². The van der Waals surface area contributed by atoms with Gasteiger partial charge in [-0.1, -0.05) is 42.5 Å². The van der Waals surface area contributed by atoms with Crippen molar-refractivity contribution in [3.8, 4) is 0 Å². The molecule has 4 heteroatoms. The van der Waals surface area contributed by atoms with Gasteiger partial charge >= 0.3 is 0 Å². The molecule has 2 heterocycles. The highest BCUT2D eigenvalue weighted by molar-refractivity contribution is 5.95. The smallest absolute Gasteiger partial charge is 0.255 e. The number of benzene rings is 2. The molecule has 0 saturated heterocycles. The maximum absolute atomic E-state index is 13.0. The van der Waals surface area contributed by atoms with Crippen LogP contribution in [0.3, 0.4) is 0 Å². The Morgan fingerprint density at radius 3 is 2.50 bits per heavy atom. The van der Waals surface area contributed by atoms with E-state index in [1.165, 1.54) is 11.1 Å². The minimum atomic E-state index is 0.0373. The van der Waals surface area contributed by atoms with Gasteiger partial charge in [-0.15, -0.1) is 0 Å². The van der Waals surface area contributed by atoms with E-state index in [9.17, 15) is 4.79 Å². The predicted octanol–water partition coefficient (Wildman–Crippen LogP) is 4.05. The number of rotatable bonds is 3. The normalized spacial score (nSPS) is 13.2. The van der Waals surface area contributed by atoms with E-state index >= 15 is 0 Å². The lowest BCUT2D eigenvalue weighted by Gasteiger charge is -2.29. The number of hydrogen-bond acceptors (Lipinski definition) is 3. The largest absolute Gasteiger partial charge is 0.343 e. The van der Waals surface area contributed by atoms with E-state index in [0.29, 0.717) is 12.1 Å². The molecule has 1 amide bonds. The Morgan fingerprint density at radius 2 is 1.69 bits per heavy atom. The van der Waals surface area contributed by atoms with Crippen molar-refractivity contribution in [3.63, 3.8) is 0 Å². The topological polar surface area (TPSA) is 36.4 Å². The predicted molar refractivity (Wildman–Crippen MR) is 104 cm³/mol. The Hall–Kier alpha value is -3.14. The molecule has 0 atom stereocenters. The zero-order valence-electron chi connectivity index (χ0n) is 14.8. The Kier molecular flexibility index (Phi) is 4.40. The summed E-state index contributed by atoms with van der Waals surface area (Å²) in [5.41, 5.74) is 5.17. The first-order valence-corrected chi connectivity index (χ1v) is 8.82. The highest BCUT2D eigenvalue weighted by Crippen LogP contribution is 2.25. The van der Waals surface area contributed by atoms with Crippen LogP contribution in [0.1, 0.15) is 21.5 Å². The fraction of sp³-hybridized carbons (Fsp3) is 0.182. The highest BCUT2D eigenvalue weighted by Gasteiger charge is 2.22. The number of aromatic nitrogens is 1. The van der Waals surface area contributed by atoms with Crippen LogP contribution in [0, 0.1) is 0 Å². The van der Waals surface area contributed by atoms with Crippen molar-refractivity contribution >= 4 is 17.3 Å². The van der Waals surface area contributed by atoms with Crippen LogP contribution in [-0.4, -0.2) is 29.4 Å². The fourth-order valence-electron chi connectivity index (χ4n) is 3.38. The minimum Gasteiger partial charge on any atom is -0.343 e. The van der Waals surface area contributed by atoms with Crippen LogP contribution in [0.15, 0.2) is 73.1 Å². The van der Waals surface area contributed by atoms with Gasteiger partial charge in [-0.05, 0) is 35.7 Å². The third kappa shape index (κ3) is 3.18. The van der Waals surface area contributed by atoms with Crippen molar-refractivity contribution in [1.82, 2.24) is 9.88 Å². The van der Waals surface area contributed by atoms with Gasteiger partial charge in [0, 0.05) is 32.0 Å². The molecule has 0 N–H and O–H groups in total. The Morgan fingerprint density at radius 1 is 0.962 bits per heavy atom. The second-order valence-electron chi connectivity index (χ2n) is 6.57. The molecule has 0 unspecified atom stereocenters. The van der Waals surface area contributed by atoms with Gasteiger partial charge < -0.3 is 9.80 Å². The molecule has 1 aliphatic heterocycles. The SMILES string of the molecule is CN(c1ccccc1)c1cncc(C(=O)N2CCc3ccccc3C2)c1. The summed E-state index contributed by atoms with van der Waals surface area (Å²) in [6.07, 6.45) is 4.35. The molecule has 4 nitrogen and oxygen atoms in total. The van der Waals surface area contributed by atoms with Crippen LogP contribution in [0.4, 0.5) is 11.4 Å². The average Bonchev–Trinajstić information content (AvgIpc) is 2.73. The summed E-state index contributed by atoms with van der Waals surface area (Å²) in [5.74, 6) is 0.0373. The zero-order valence-corrected chi connectivity index (χ0v) is 14.8. The molecule has 26 heavy (non-hydrogen) atoms. The van der Waals surface area contributed by atoms with Crippen molar-refractivity contribution in [1.29, 1.82) is 0 Å². The van der Waals surface area contributed by atoms with Gasteiger partial charge in [0.2, 0.25) is 0 Å². The molecular formula is C22H21N3O. The molecule has 4 rings (SSSR count). The van der Waals surface area contributed by atoms with Gasteiger partial charge in [0.1, 0.15) is 0 Å². The van der Waals surface area contributed by atoms with E-state index < -0.39 is 0 Å². The maximum atomic E-state index is 13.0. The molecule has 0 bridgehead atoms. The quantitative estimate of drug-likeness (QED) is 0.720. The number of nitrogens with zero attached hydrogens (tertiary/aromatic N) is 3. The summed E-state index contributed by atoms with van der Waals surface area (Å²) < 4.78 is 0. The molecule has 1 aromatic heterocycles. The molecule has 0 saturated carbocycles. The van der Waals surface area contributed by atoms with Crippen molar-refractivity contribution < 1.29 is 4.79 Å². The number of fused-ring (bicyclic) bond motifs is 1. The monoisotopic (exact) mass is 343 g/mol. The molecule has 0 radical (unpaired) electrons. The van der Waals surface area contributed by atoms with E-state index in [1.54, 1.807) is 12.4 Å². The number of anilines is 2. The molecule has 1 aliphatic rings. The van der Waals surface area contributed by atoms with Crippen LogP contribution < -0.4 is 4.90 Å². The van der Waals surface area contributed by atoms with Crippen molar-refractivity contribution in [2.45, 2.75) is 13.0 Å². The average molecular weight is 343 g/mol. The lowest BCUT2D eigenvalue weighted by Crippen LogP contribution is -2.36. The Balaban J connectivity index is 1.56. The van der Waals surface area contributed by atoms with E-state index in [4.69, 9.17) is 0 Å². The van der Waals surface area contributed by atoms with Crippen molar-refractivity contribution in [2.75, 3.05) is 18.5 Å². The van der Waals surface area contributed by atoms with Crippen molar-refractivity contribution in [2.24, 2.45) is 0 Å². The van der Waals surface area contributed by atoms with Gasteiger partial charge in [-0.25, -0.2) is 0 Å². The summed E-state index contributed by atoms with van der Waals surface area (Å²) in [4.78, 5) is 21.2. The molecule has 3 aromatic rings. The molecule has 0 spiro atoms. The summed E-state index contributed by atoms with van der Waals surface area (Å²) in [5, 5.41) is 0. The van der Waals surface area contributed by atoms with Crippen LogP contribution in [0.5, 0.6) is 0 Å².